The van der Waals surface area contributed by atoms with E-state index in [1.54, 1.807) is 0 Å². The number of carboxylic acid groups (broad SMARTS) is 1. The van der Waals surface area contributed by atoms with E-state index in [1.165, 1.54) is 0 Å². The number of rotatable bonds is 6. The van der Waals surface area contributed by atoms with Crippen LogP contribution in [-0.2, 0) is 19.1 Å². The molecular weight excluding hydrogens is 331 g/mol. The Morgan fingerprint density at radius 3 is 2.38 bits per heavy atom. The molecule has 0 radical (unpaired) electrons. The molecule has 0 aliphatic heterocycles. The number of aromatic carboxylic acids is 1. The number of nitrogens with one attached hydrogen (secondary N) is 1. The van der Waals surface area contributed by atoms with Gasteiger partial charge in [-0.05, 0) is 6.07 Å². The summed E-state index contributed by atoms with van der Waals surface area (Å²) < 4.78 is 22.4. The summed E-state index contributed by atoms with van der Waals surface area (Å²) in [6.07, 6.45) is 0.575. The lowest BCUT2D eigenvalue weighted by molar-refractivity contribution is -0.384. The fourth-order valence-electron chi connectivity index (χ4n) is 1.62. The first-order valence-corrected chi connectivity index (χ1v) is 6.08. The largest absolute Gasteiger partial charge is 0.478 e. The van der Waals surface area contributed by atoms with Crippen LogP contribution in [0.5, 0.6) is 0 Å². The molecule has 0 aromatic heterocycles. The molecule has 128 valence electrons. The van der Waals surface area contributed by atoms with Crippen molar-refractivity contribution < 1.29 is 38.3 Å². The van der Waals surface area contributed by atoms with E-state index in [0.717, 1.165) is 14.2 Å². The average Bonchev–Trinajstić information content (AvgIpc) is 2.52. The minimum Gasteiger partial charge on any atom is -0.478 e. The molecule has 1 rings (SSSR count). The number of anilines is 1. The molecule has 10 nitrogen and oxygen atoms in total. The van der Waals surface area contributed by atoms with Gasteiger partial charge in [-0.15, -0.1) is 0 Å². The van der Waals surface area contributed by atoms with Crippen molar-refractivity contribution in [3.63, 3.8) is 0 Å². The van der Waals surface area contributed by atoms with E-state index in [-0.39, 0.29) is 0 Å². The molecule has 24 heavy (non-hydrogen) atoms. The Labute approximate surface area is 133 Å². The average molecular weight is 342 g/mol. The van der Waals surface area contributed by atoms with Crippen LogP contribution in [-0.4, -0.2) is 42.2 Å². The molecule has 0 saturated heterocycles. The maximum Gasteiger partial charge on any atom is 0.354 e. The van der Waals surface area contributed by atoms with Gasteiger partial charge in [-0.3, -0.25) is 10.1 Å². The highest BCUT2D eigenvalue weighted by Crippen LogP contribution is 2.31. The van der Waals surface area contributed by atoms with Crippen LogP contribution in [0.25, 0.3) is 0 Å². The lowest BCUT2D eigenvalue weighted by atomic mass is 10.1. The van der Waals surface area contributed by atoms with Crippen molar-refractivity contribution in [2.75, 3.05) is 19.5 Å². The Morgan fingerprint density at radius 2 is 1.92 bits per heavy atom. The predicted molar refractivity (Wildman–Crippen MR) is 75.8 cm³/mol. The monoisotopic (exact) mass is 342 g/mol. The Hall–Kier alpha value is -3.50. The predicted octanol–water partition coefficient (Wildman–Crippen LogP) is 1.07. The molecule has 1 aromatic rings. The van der Waals surface area contributed by atoms with Crippen molar-refractivity contribution in [1.29, 1.82) is 0 Å². The molecular formula is C13H11FN2O8. The van der Waals surface area contributed by atoms with Crippen LogP contribution in [0.15, 0.2) is 23.9 Å². The molecule has 1 aromatic carbocycles. The number of carbonyl (C=O) groups is 3. The van der Waals surface area contributed by atoms with Crippen LogP contribution in [0.2, 0.25) is 0 Å². The molecule has 0 fully saturated rings. The maximum atomic E-state index is 13.7. The van der Waals surface area contributed by atoms with Crippen molar-refractivity contribution in [3.05, 3.63) is 45.4 Å². The van der Waals surface area contributed by atoms with Crippen molar-refractivity contribution in [2.24, 2.45) is 0 Å². The van der Waals surface area contributed by atoms with Gasteiger partial charge in [-0.2, -0.15) is 0 Å². The lowest BCUT2D eigenvalue weighted by Gasteiger charge is -2.12. The summed E-state index contributed by atoms with van der Waals surface area (Å²) in [5, 5.41) is 22.1. The minimum atomic E-state index is -1.82. The number of benzene rings is 1. The fraction of sp³-hybridized carbons (Fsp3) is 0.154. The summed E-state index contributed by atoms with van der Waals surface area (Å²) in [5.74, 6) is -5.28. The van der Waals surface area contributed by atoms with E-state index in [0.29, 0.717) is 18.2 Å². The normalized spacial score (nSPS) is 10.7. The summed E-state index contributed by atoms with van der Waals surface area (Å²) in [7, 11) is 1.95. The zero-order chi connectivity index (χ0) is 18.4. The SMILES string of the molecule is COC(=O)/C=C(/Nc1c([N+](=O)[O-])ccc(F)c1C(=O)O)C(=O)OC. The first-order valence-electron chi connectivity index (χ1n) is 6.08. The molecule has 0 aliphatic carbocycles. The van der Waals surface area contributed by atoms with Gasteiger partial charge in [0.25, 0.3) is 5.69 Å². The molecule has 0 aliphatic rings. The van der Waals surface area contributed by atoms with Gasteiger partial charge in [0.2, 0.25) is 0 Å². The first-order chi connectivity index (χ1) is 11.2. The second kappa shape index (κ2) is 7.67. The summed E-state index contributed by atoms with van der Waals surface area (Å²) in [6, 6.07) is 1.30. The molecule has 0 spiro atoms. The number of halogens is 1. The molecule has 0 atom stereocenters. The Kier molecular flexibility index (Phi) is 5.93. The van der Waals surface area contributed by atoms with Gasteiger partial charge < -0.3 is 19.9 Å². The Balaban J connectivity index is 3.57. The summed E-state index contributed by atoms with van der Waals surface area (Å²) >= 11 is 0. The van der Waals surface area contributed by atoms with E-state index in [4.69, 9.17) is 5.11 Å². The van der Waals surface area contributed by atoms with Crippen LogP contribution in [0.3, 0.4) is 0 Å². The summed E-state index contributed by atoms with van der Waals surface area (Å²) in [6.45, 7) is 0. The van der Waals surface area contributed by atoms with E-state index in [1.807, 2.05) is 0 Å². The molecule has 0 amide bonds. The van der Waals surface area contributed by atoms with Gasteiger partial charge in [0.1, 0.15) is 22.8 Å². The number of nitro benzene ring substituents is 1. The van der Waals surface area contributed by atoms with Gasteiger partial charge in [0.15, 0.2) is 0 Å². The van der Waals surface area contributed by atoms with Crippen LogP contribution in [0.4, 0.5) is 15.8 Å². The number of hydrogen-bond acceptors (Lipinski definition) is 8. The number of ether oxygens (including phenoxy) is 2. The third-order valence-corrected chi connectivity index (χ3v) is 2.67. The highest BCUT2D eigenvalue weighted by Gasteiger charge is 2.28. The third kappa shape index (κ3) is 4.03. The van der Waals surface area contributed by atoms with Crippen LogP contribution in [0, 0.1) is 15.9 Å². The highest BCUT2D eigenvalue weighted by molar-refractivity contribution is 6.03. The van der Waals surface area contributed by atoms with Crippen molar-refractivity contribution in [2.45, 2.75) is 0 Å². The zero-order valence-electron chi connectivity index (χ0n) is 12.4. The molecule has 11 heteroatoms. The third-order valence-electron chi connectivity index (χ3n) is 2.67. The Bertz CT molecular complexity index is 744. The fourth-order valence-corrected chi connectivity index (χ4v) is 1.62. The van der Waals surface area contributed by atoms with E-state index < -0.39 is 51.3 Å². The van der Waals surface area contributed by atoms with Crippen molar-refractivity contribution in [1.82, 2.24) is 0 Å². The zero-order valence-corrected chi connectivity index (χ0v) is 12.4. The van der Waals surface area contributed by atoms with Gasteiger partial charge in [-0.1, -0.05) is 0 Å². The van der Waals surface area contributed by atoms with Crippen LogP contribution < -0.4 is 5.32 Å². The van der Waals surface area contributed by atoms with Crippen LogP contribution in [0.1, 0.15) is 10.4 Å². The number of carbonyl (C=O) groups excluding carboxylic acids is 2. The number of hydrogen-bond donors (Lipinski definition) is 2. The topological polar surface area (TPSA) is 145 Å². The Morgan fingerprint density at radius 1 is 1.29 bits per heavy atom. The molecule has 0 heterocycles. The van der Waals surface area contributed by atoms with Crippen molar-refractivity contribution >= 4 is 29.3 Å². The standard InChI is InChI=1S/C13H11FN2O8/c1-23-9(17)5-7(13(20)24-2)15-11-8(16(21)22)4-3-6(14)10(11)12(18)19/h3-5,15H,1-2H3,(H,18,19)/b7-5+. The van der Waals surface area contributed by atoms with E-state index >= 15 is 0 Å². The smallest absolute Gasteiger partial charge is 0.354 e. The second-order valence-electron chi connectivity index (χ2n) is 4.08. The highest BCUT2D eigenvalue weighted by atomic mass is 19.1. The number of nitro groups is 1. The molecule has 0 bridgehead atoms. The number of esters is 2. The van der Waals surface area contributed by atoms with E-state index in [2.05, 4.69) is 14.8 Å². The van der Waals surface area contributed by atoms with Gasteiger partial charge in [0, 0.05) is 6.07 Å². The molecule has 2 N–H and O–H groups in total. The van der Waals surface area contributed by atoms with Crippen molar-refractivity contribution in [3.8, 4) is 0 Å². The lowest BCUT2D eigenvalue weighted by Crippen LogP contribution is -2.18. The van der Waals surface area contributed by atoms with E-state index in [9.17, 15) is 28.9 Å². The number of nitrogens with zero attached hydrogens (tertiary/aromatic N) is 1. The summed E-state index contributed by atoms with van der Waals surface area (Å²) in [4.78, 5) is 44.1. The number of methoxy groups -OCH3 is 2. The maximum absolute atomic E-state index is 13.7. The van der Waals surface area contributed by atoms with Gasteiger partial charge >= 0.3 is 17.9 Å². The molecule has 0 unspecified atom stereocenters. The molecule has 0 saturated carbocycles. The first kappa shape index (κ1) is 18.5. The van der Waals surface area contributed by atoms with Crippen LogP contribution >= 0.6 is 0 Å². The quantitative estimate of drug-likeness (QED) is 0.335. The number of carboxylic acids is 1. The second-order valence-corrected chi connectivity index (χ2v) is 4.08. The van der Waals surface area contributed by atoms with Gasteiger partial charge in [-0.25, -0.2) is 18.8 Å². The minimum absolute atomic E-state index is 0.575. The van der Waals surface area contributed by atoms with Gasteiger partial charge in [0.05, 0.1) is 25.2 Å². The summed E-state index contributed by atoms with van der Waals surface area (Å²) in [5.41, 5.74) is -3.41.